The van der Waals surface area contributed by atoms with Crippen molar-refractivity contribution in [3.05, 3.63) is 41.5 Å². The van der Waals surface area contributed by atoms with Gasteiger partial charge in [-0.3, -0.25) is 0 Å². The third-order valence-electron chi connectivity index (χ3n) is 2.66. The molecule has 3 heteroatoms. The summed E-state index contributed by atoms with van der Waals surface area (Å²) in [5, 5.41) is 11.3. The molecule has 0 unspecified atom stereocenters. The van der Waals surface area contributed by atoms with E-state index < -0.39 is 0 Å². The van der Waals surface area contributed by atoms with Gasteiger partial charge in [-0.2, -0.15) is 0 Å². The average Bonchev–Trinajstić information content (AvgIpc) is 2.30. The van der Waals surface area contributed by atoms with Gasteiger partial charge in [0.25, 0.3) is 0 Å². The second-order valence-corrected chi connectivity index (χ2v) is 3.92. The molecule has 0 bridgehead atoms. The number of ether oxygens (including phenoxy) is 1. The minimum Gasteiger partial charge on any atom is -0.508 e. The first-order valence-electron chi connectivity index (χ1n) is 5.52. The summed E-state index contributed by atoms with van der Waals surface area (Å²) < 4.78 is 4.97. The van der Waals surface area contributed by atoms with Crippen LogP contribution in [0.15, 0.2) is 30.3 Å². The predicted octanol–water partition coefficient (Wildman–Crippen LogP) is 3.03. The van der Waals surface area contributed by atoms with Crippen molar-refractivity contribution >= 4 is 16.7 Å². The van der Waals surface area contributed by atoms with Gasteiger partial charge < -0.3 is 9.84 Å². The highest BCUT2D eigenvalue weighted by Crippen LogP contribution is 2.25. The Morgan fingerprint density at radius 3 is 2.76 bits per heavy atom. The Morgan fingerprint density at radius 1 is 1.29 bits per heavy atom. The fourth-order valence-electron chi connectivity index (χ4n) is 1.86. The molecule has 2 aromatic rings. The lowest BCUT2D eigenvalue weighted by Gasteiger charge is -2.07. The highest BCUT2D eigenvalue weighted by Gasteiger charge is 2.09. The van der Waals surface area contributed by atoms with E-state index in [1.165, 1.54) is 0 Å². The summed E-state index contributed by atoms with van der Waals surface area (Å²) in [6.07, 6.45) is 0. The lowest BCUT2D eigenvalue weighted by molar-refractivity contribution is 0.0526. The van der Waals surface area contributed by atoms with Crippen LogP contribution in [0.4, 0.5) is 0 Å². The van der Waals surface area contributed by atoms with Crippen molar-refractivity contribution in [3.63, 3.8) is 0 Å². The summed E-state index contributed by atoms with van der Waals surface area (Å²) in [4.78, 5) is 11.6. The van der Waals surface area contributed by atoms with E-state index in [1.807, 2.05) is 6.92 Å². The highest BCUT2D eigenvalue weighted by molar-refractivity contribution is 5.97. The average molecular weight is 230 g/mol. The topological polar surface area (TPSA) is 46.5 Å². The van der Waals surface area contributed by atoms with Crippen LogP contribution in [-0.4, -0.2) is 17.7 Å². The van der Waals surface area contributed by atoms with Crippen LogP contribution < -0.4 is 0 Å². The van der Waals surface area contributed by atoms with Crippen LogP contribution in [0.3, 0.4) is 0 Å². The van der Waals surface area contributed by atoms with Crippen molar-refractivity contribution in [1.29, 1.82) is 0 Å². The Hall–Kier alpha value is -2.03. The SMILES string of the molecule is CCOC(=O)c1cc(C)c2cc(O)ccc2c1. The van der Waals surface area contributed by atoms with E-state index in [4.69, 9.17) is 4.74 Å². The maximum atomic E-state index is 11.6. The Balaban J connectivity index is 2.56. The molecule has 0 radical (unpaired) electrons. The molecular weight excluding hydrogens is 216 g/mol. The normalized spacial score (nSPS) is 10.5. The van der Waals surface area contributed by atoms with Crippen LogP contribution in [0.1, 0.15) is 22.8 Å². The number of phenols is 1. The first-order valence-corrected chi connectivity index (χ1v) is 5.52. The number of hydrogen-bond donors (Lipinski definition) is 1. The summed E-state index contributed by atoms with van der Waals surface area (Å²) in [6, 6.07) is 8.65. The summed E-state index contributed by atoms with van der Waals surface area (Å²) >= 11 is 0. The van der Waals surface area contributed by atoms with Gasteiger partial charge in [0.1, 0.15) is 5.75 Å². The number of carbonyl (C=O) groups excluding carboxylic acids is 1. The van der Waals surface area contributed by atoms with Gasteiger partial charge in [-0.15, -0.1) is 0 Å². The van der Waals surface area contributed by atoms with Crippen molar-refractivity contribution < 1.29 is 14.6 Å². The van der Waals surface area contributed by atoms with Crippen LogP contribution in [0, 0.1) is 6.92 Å². The molecule has 0 aliphatic rings. The summed E-state index contributed by atoms with van der Waals surface area (Å²) in [5.41, 5.74) is 1.49. The number of fused-ring (bicyclic) bond motifs is 1. The minimum atomic E-state index is -0.314. The van der Waals surface area contributed by atoms with Gasteiger partial charge in [-0.1, -0.05) is 6.07 Å². The molecule has 0 spiro atoms. The van der Waals surface area contributed by atoms with E-state index in [-0.39, 0.29) is 11.7 Å². The number of hydrogen-bond acceptors (Lipinski definition) is 3. The third-order valence-corrected chi connectivity index (χ3v) is 2.66. The van der Waals surface area contributed by atoms with E-state index in [0.717, 1.165) is 16.3 Å². The largest absolute Gasteiger partial charge is 0.508 e. The molecule has 17 heavy (non-hydrogen) atoms. The van der Waals surface area contributed by atoms with Crippen LogP contribution in [-0.2, 0) is 4.74 Å². The standard InChI is InChI=1S/C14H14O3/c1-3-17-14(16)11-6-9(2)13-8-12(15)5-4-10(13)7-11/h4-8,15H,3H2,1-2H3. The summed E-state index contributed by atoms with van der Waals surface area (Å²) in [6.45, 7) is 4.06. The number of phenolic OH excluding ortho intramolecular Hbond substituents is 1. The molecule has 1 N–H and O–H groups in total. The second kappa shape index (κ2) is 4.45. The van der Waals surface area contributed by atoms with Crippen LogP contribution in [0.2, 0.25) is 0 Å². The predicted molar refractivity (Wildman–Crippen MR) is 66.3 cm³/mol. The Bertz CT molecular complexity index is 573. The number of rotatable bonds is 2. The Labute approximate surface area is 99.6 Å². The number of aryl methyl sites for hydroxylation is 1. The molecule has 0 saturated carbocycles. The molecule has 0 heterocycles. The molecule has 0 atom stereocenters. The van der Waals surface area contributed by atoms with Crippen LogP contribution in [0.25, 0.3) is 10.8 Å². The highest BCUT2D eigenvalue weighted by atomic mass is 16.5. The van der Waals surface area contributed by atoms with E-state index in [1.54, 1.807) is 37.3 Å². The second-order valence-electron chi connectivity index (χ2n) is 3.92. The lowest BCUT2D eigenvalue weighted by Crippen LogP contribution is -2.04. The summed E-state index contributed by atoms with van der Waals surface area (Å²) in [7, 11) is 0. The fraction of sp³-hybridized carbons (Fsp3) is 0.214. The zero-order valence-corrected chi connectivity index (χ0v) is 9.86. The third kappa shape index (κ3) is 2.23. The number of esters is 1. The molecule has 0 aliphatic carbocycles. The lowest BCUT2D eigenvalue weighted by atomic mass is 10.0. The van der Waals surface area contributed by atoms with Gasteiger partial charge in [0, 0.05) is 0 Å². The molecular formula is C14H14O3. The number of carbonyl (C=O) groups is 1. The van der Waals surface area contributed by atoms with Crippen molar-refractivity contribution in [2.45, 2.75) is 13.8 Å². The number of aromatic hydroxyl groups is 1. The smallest absolute Gasteiger partial charge is 0.338 e. The Morgan fingerprint density at radius 2 is 2.06 bits per heavy atom. The zero-order valence-electron chi connectivity index (χ0n) is 9.86. The maximum absolute atomic E-state index is 11.6. The van der Waals surface area contributed by atoms with E-state index in [0.29, 0.717) is 12.2 Å². The molecule has 0 aliphatic heterocycles. The van der Waals surface area contributed by atoms with Crippen molar-refractivity contribution in [2.24, 2.45) is 0 Å². The van der Waals surface area contributed by atoms with Gasteiger partial charge in [0.15, 0.2) is 0 Å². The molecule has 0 aromatic heterocycles. The van der Waals surface area contributed by atoms with Crippen LogP contribution in [0.5, 0.6) is 5.75 Å². The Kier molecular flexibility index (Phi) is 3.00. The fourth-order valence-corrected chi connectivity index (χ4v) is 1.86. The van der Waals surface area contributed by atoms with Crippen molar-refractivity contribution in [3.8, 4) is 5.75 Å². The van der Waals surface area contributed by atoms with Crippen LogP contribution >= 0.6 is 0 Å². The minimum absolute atomic E-state index is 0.226. The van der Waals surface area contributed by atoms with Crippen molar-refractivity contribution in [2.75, 3.05) is 6.61 Å². The summed E-state index contributed by atoms with van der Waals surface area (Å²) in [5.74, 6) is -0.0879. The molecule has 0 fully saturated rings. The van der Waals surface area contributed by atoms with Gasteiger partial charge in [0.05, 0.1) is 12.2 Å². The van der Waals surface area contributed by atoms with E-state index in [2.05, 4.69) is 0 Å². The van der Waals surface area contributed by atoms with Gasteiger partial charge in [-0.25, -0.2) is 4.79 Å². The molecule has 88 valence electrons. The quantitative estimate of drug-likeness (QED) is 0.806. The number of benzene rings is 2. The van der Waals surface area contributed by atoms with Gasteiger partial charge in [-0.05, 0) is 54.4 Å². The molecule has 3 nitrogen and oxygen atoms in total. The molecule has 0 amide bonds. The molecule has 0 saturated heterocycles. The zero-order chi connectivity index (χ0) is 12.4. The van der Waals surface area contributed by atoms with E-state index >= 15 is 0 Å². The van der Waals surface area contributed by atoms with E-state index in [9.17, 15) is 9.90 Å². The first kappa shape index (κ1) is 11.5. The molecule has 2 rings (SSSR count). The van der Waals surface area contributed by atoms with Gasteiger partial charge >= 0.3 is 5.97 Å². The maximum Gasteiger partial charge on any atom is 0.338 e. The van der Waals surface area contributed by atoms with Gasteiger partial charge in [0.2, 0.25) is 0 Å². The monoisotopic (exact) mass is 230 g/mol. The molecule has 2 aromatic carbocycles. The first-order chi connectivity index (χ1) is 8.11. The van der Waals surface area contributed by atoms with Crippen molar-refractivity contribution in [1.82, 2.24) is 0 Å².